The van der Waals surface area contributed by atoms with Crippen molar-refractivity contribution >= 4 is 23.1 Å². The van der Waals surface area contributed by atoms with Crippen molar-refractivity contribution in [2.24, 2.45) is 0 Å². The van der Waals surface area contributed by atoms with Crippen molar-refractivity contribution in [1.29, 1.82) is 0 Å². The number of hydrogen-bond donors (Lipinski definition) is 2. The first-order valence-electron chi connectivity index (χ1n) is 5.71. The molecule has 0 radical (unpaired) electrons. The van der Waals surface area contributed by atoms with E-state index >= 15 is 0 Å². The third kappa shape index (κ3) is 3.35. The summed E-state index contributed by atoms with van der Waals surface area (Å²) in [5, 5.41) is 14.1. The quantitative estimate of drug-likeness (QED) is 0.509. The number of non-ortho nitro benzene ring substituents is 1. The largest absolute Gasteiger partial charge is 0.388 e. The van der Waals surface area contributed by atoms with Gasteiger partial charge in [0.2, 0.25) is 0 Å². The van der Waals surface area contributed by atoms with Crippen molar-refractivity contribution in [2.45, 2.75) is 17.0 Å². The minimum atomic E-state index is -0.461. The van der Waals surface area contributed by atoms with Crippen molar-refractivity contribution in [3.05, 3.63) is 50.4 Å². The van der Waals surface area contributed by atoms with Crippen LogP contribution in [0.15, 0.2) is 39.1 Å². The molecule has 1 heterocycles. The van der Waals surface area contributed by atoms with Crippen LogP contribution < -0.4 is 10.9 Å². The molecule has 2 N–H and O–H groups in total. The topological polar surface area (TPSA) is 101 Å². The smallest absolute Gasteiger partial charge is 0.272 e. The van der Waals surface area contributed by atoms with Gasteiger partial charge in [-0.05, 0) is 13.0 Å². The summed E-state index contributed by atoms with van der Waals surface area (Å²) in [7, 11) is 1.68. The maximum absolute atomic E-state index is 11.4. The zero-order chi connectivity index (χ0) is 14.7. The lowest BCUT2D eigenvalue weighted by Crippen LogP contribution is -2.07. The average molecular weight is 292 g/mol. The van der Waals surface area contributed by atoms with Gasteiger partial charge in [0.15, 0.2) is 5.16 Å². The second kappa shape index (κ2) is 5.74. The molecule has 2 rings (SSSR count). The minimum Gasteiger partial charge on any atom is -0.388 e. The first-order chi connectivity index (χ1) is 9.47. The summed E-state index contributed by atoms with van der Waals surface area (Å²) in [5.74, 6) is 0. The predicted molar refractivity (Wildman–Crippen MR) is 76.4 cm³/mol. The fourth-order valence-corrected chi connectivity index (χ4v) is 2.53. The molecule has 1 aromatic carbocycles. The van der Waals surface area contributed by atoms with Crippen LogP contribution in [0.2, 0.25) is 0 Å². The van der Waals surface area contributed by atoms with Gasteiger partial charge >= 0.3 is 0 Å². The van der Waals surface area contributed by atoms with Crippen LogP contribution in [0.4, 0.5) is 11.4 Å². The fourth-order valence-electron chi connectivity index (χ4n) is 1.60. The Kier molecular flexibility index (Phi) is 4.04. The van der Waals surface area contributed by atoms with Crippen LogP contribution in [-0.2, 0) is 0 Å². The number of benzene rings is 1. The van der Waals surface area contributed by atoms with Crippen molar-refractivity contribution in [3.63, 3.8) is 0 Å². The monoisotopic (exact) mass is 292 g/mol. The van der Waals surface area contributed by atoms with E-state index in [2.05, 4.69) is 15.3 Å². The van der Waals surface area contributed by atoms with E-state index in [-0.39, 0.29) is 11.2 Å². The van der Waals surface area contributed by atoms with E-state index in [1.165, 1.54) is 30.0 Å². The number of rotatable bonds is 4. The van der Waals surface area contributed by atoms with Gasteiger partial charge in [-0.1, -0.05) is 11.8 Å². The van der Waals surface area contributed by atoms with Crippen LogP contribution in [0.5, 0.6) is 0 Å². The van der Waals surface area contributed by atoms with Gasteiger partial charge in [-0.2, -0.15) is 0 Å². The lowest BCUT2D eigenvalue weighted by molar-refractivity contribution is -0.385. The molecule has 1 aromatic heterocycles. The summed E-state index contributed by atoms with van der Waals surface area (Å²) in [4.78, 5) is 29.2. The second-order valence-corrected chi connectivity index (χ2v) is 5.08. The van der Waals surface area contributed by atoms with E-state index in [0.717, 1.165) is 0 Å². The molecule has 0 fully saturated rings. The Morgan fingerprint density at radius 1 is 1.35 bits per heavy atom. The van der Waals surface area contributed by atoms with E-state index in [1.807, 2.05) is 0 Å². The normalized spacial score (nSPS) is 10.3. The number of aryl methyl sites for hydroxylation is 1. The van der Waals surface area contributed by atoms with E-state index in [0.29, 0.717) is 21.4 Å². The molecule has 7 nitrogen and oxygen atoms in total. The maximum Gasteiger partial charge on any atom is 0.272 e. The molecule has 0 amide bonds. The number of nitro groups is 1. The van der Waals surface area contributed by atoms with Crippen LogP contribution in [-0.4, -0.2) is 21.9 Å². The summed E-state index contributed by atoms with van der Waals surface area (Å²) in [6.07, 6.45) is 0. The third-order valence-corrected chi connectivity index (χ3v) is 3.31. The number of aromatic nitrogens is 2. The molecule has 0 aliphatic carbocycles. The Balaban J connectivity index is 2.39. The van der Waals surface area contributed by atoms with Crippen molar-refractivity contribution in [2.75, 3.05) is 12.4 Å². The molecule has 0 spiro atoms. The summed E-state index contributed by atoms with van der Waals surface area (Å²) in [6.45, 7) is 1.71. The SMILES string of the molecule is CNc1cc(Sc2nc(C)cc(=O)[nH]2)cc([N+](=O)[O-])c1. The molecule has 2 aromatic rings. The molecule has 0 unspecified atom stereocenters. The summed E-state index contributed by atoms with van der Waals surface area (Å²) in [6, 6.07) is 6.01. The number of hydrogen-bond acceptors (Lipinski definition) is 6. The summed E-state index contributed by atoms with van der Waals surface area (Å²) < 4.78 is 0. The predicted octanol–water partition coefficient (Wildman–Crippen LogP) is 2.18. The molecule has 0 aliphatic heterocycles. The first-order valence-corrected chi connectivity index (χ1v) is 6.52. The Bertz CT molecular complexity index is 714. The number of H-pyrrole nitrogens is 1. The number of nitrogens with zero attached hydrogens (tertiary/aromatic N) is 2. The fraction of sp³-hybridized carbons (Fsp3) is 0.167. The molecule has 0 saturated heterocycles. The molecule has 104 valence electrons. The maximum atomic E-state index is 11.4. The highest BCUT2D eigenvalue weighted by Crippen LogP contribution is 2.30. The third-order valence-electron chi connectivity index (χ3n) is 2.45. The van der Waals surface area contributed by atoms with Crippen LogP contribution in [0, 0.1) is 17.0 Å². The standard InChI is InChI=1S/C12H12N4O3S/c1-7-3-11(17)15-12(14-7)20-10-5-8(13-2)4-9(6-10)16(18)19/h3-6,13H,1-2H3,(H,14,15,17). The zero-order valence-electron chi connectivity index (χ0n) is 10.8. The van der Waals surface area contributed by atoms with Gasteiger partial charge in [0.25, 0.3) is 11.2 Å². The van der Waals surface area contributed by atoms with Gasteiger partial charge in [-0.15, -0.1) is 0 Å². The van der Waals surface area contributed by atoms with Crippen LogP contribution in [0.25, 0.3) is 0 Å². The van der Waals surface area contributed by atoms with Crippen molar-refractivity contribution in [3.8, 4) is 0 Å². The van der Waals surface area contributed by atoms with E-state index in [1.54, 1.807) is 20.0 Å². The van der Waals surface area contributed by atoms with Gasteiger partial charge in [-0.3, -0.25) is 14.9 Å². The van der Waals surface area contributed by atoms with Gasteiger partial charge in [0, 0.05) is 41.5 Å². The zero-order valence-corrected chi connectivity index (χ0v) is 11.7. The van der Waals surface area contributed by atoms with Crippen LogP contribution in [0.3, 0.4) is 0 Å². The van der Waals surface area contributed by atoms with Gasteiger partial charge in [0.1, 0.15) is 0 Å². The number of anilines is 1. The lowest BCUT2D eigenvalue weighted by Gasteiger charge is -2.05. The van der Waals surface area contributed by atoms with E-state index < -0.39 is 4.92 Å². The van der Waals surface area contributed by atoms with Gasteiger partial charge in [-0.25, -0.2) is 4.98 Å². The number of nitro benzene ring substituents is 1. The first kappa shape index (κ1) is 14.1. The molecule has 20 heavy (non-hydrogen) atoms. The number of aromatic amines is 1. The highest BCUT2D eigenvalue weighted by atomic mass is 32.2. The Morgan fingerprint density at radius 2 is 2.10 bits per heavy atom. The second-order valence-electron chi connectivity index (χ2n) is 4.02. The Hall–Kier alpha value is -2.35. The van der Waals surface area contributed by atoms with Crippen LogP contribution in [0.1, 0.15) is 5.69 Å². The highest BCUT2D eigenvalue weighted by Gasteiger charge is 2.11. The molecule has 0 saturated carbocycles. The van der Waals surface area contributed by atoms with Gasteiger partial charge < -0.3 is 10.3 Å². The van der Waals surface area contributed by atoms with E-state index in [9.17, 15) is 14.9 Å². The Morgan fingerprint density at radius 3 is 2.70 bits per heavy atom. The van der Waals surface area contributed by atoms with Crippen molar-refractivity contribution < 1.29 is 4.92 Å². The molecule has 8 heteroatoms. The Labute approximate surface area is 118 Å². The minimum absolute atomic E-state index is 0.0191. The molecule has 0 bridgehead atoms. The van der Waals surface area contributed by atoms with Gasteiger partial charge in [0.05, 0.1) is 4.92 Å². The van der Waals surface area contributed by atoms with Crippen molar-refractivity contribution in [1.82, 2.24) is 9.97 Å². The molecular formula is C12H12N4O3S. The molecule has 0 aliphatic rings. The van der Waals surface area contributed by atoms with Crippen LogP contribution >= 0.6 is 11.8 Å². The highest BCUT2D eigenvalue weighted by molar-refractivity contribution is 7.99. The lowest BCUT2D eigenvalue weighted by atomic mass is 10.3. The average Bonchev–Trinajstić information content (AvgIpc) is 2.36. The molecule has 0 atom stereocenters. The molecular weight excluding hydrogens is 280 g/mol. The summed E-state index contributed by atoms with van der Waals surface area (Å²) in [5.41, 5.74) is 0.945. The van der Waals surface area contributed by atoms with E-state index in [4.69, 9.17) is 0 Å². The number of nitrogens with one attached hydrogen (secondary N) is 2. The summed E-state index contributed by atoms with van der Waals surface area (Å²) >= 11 is 1.17.